The number of hydrogen-bond donors (Lipinski definition) is 1. The van der Waals surface area contributed by atoms with Crippen LogP contribution in [0.4, 0.5) is 0 Å². The number of aromatic nitrogens is 1. The van der Waals surface area contributed by atoms with Crippen LogP contribution in [-0.4, -0.2) is 11.0 Å². The van der Waals surface area contributed by atoms with Crippen molar-refractivity contribution in [1.29, 1.82) is 0 Å². The normalized spacial score (nSPS) is 14.4. The third-order valence-electron chi connectivity index (χ3n) is 2.70. The molecule has 2 N–H and O–H groups in total. The first-order valence-electron chi connectivity index (χ1n) is 5.77. The average molecular weight is 343 g/mol. The molecule has 5 heteroatoms. The Labute approximate surface area is 124 Å². The molecular formula is C13H15BrN2S2. The highest BCUT2D eigenvalue weighted by atomic mass is 79.9. The Balaban J connectivity index is 2.24. The van der Waals surface area contributed by atoms with Crippen LogP contribution in [0, 0.1) is 0 Å². The van der Waals surface area contributed by atoms with Gasteiger partial charge in [-0.05, 0) is 56.9 Å². The van der Waals surface area contributed by atoms with Crippen LogP contribution >= 0.6 is 39.0 Å². The molecule has 0 spiro atoms. The minimum absolute atomic E-state index is 0.138. The minimum Gasteiger partial charge on any atom is -0.326 e. The van der Waals surface area contributed by atoms with Crippen molar-refractivity contribution in [3.63, 3.8) is 0 Å². The van der Waals surface area contributed by atoms with Crippen LogP contribution in [0.3, 0.4) is 0 Å². The van der Waals surface area contributed by atoms with Gasteiger partial charge in [0.2, 0.25) is 0 Å². The van der Waals surface area contributed by atoms with Crippen LogP contribution in [0.2, 0.25) is 0 Å². The summed E-state index contributed by atoms with van der Waals surface area (Å²) < 4.78 is 1.03. The fraction of sp³-hybridized carbons (Fsp3) is 0.308. The molecule has 2 aromatic rings. The Hall–Kier alpha value is -0.360. The van der Waals surface area contributed by atoms with E-state index >= 15 is 0 Å². The van der Waals surface area contributed by atoms with E-state index in [0.717, 1.165) is 15.9 Å². The van der Waals surface area contributed by atoms with Crippen LogP contribution in [0.5, 0.6) is 0 Å². The smallest absolute Gasteiger partial charge is 0.111 e. The first kappa shape index (κ1) is 14.1. The molecule has 0 bridgehead atoms. The summed E-state index contributed by atoms with van der Waals surface area (Å²) in [5.74, 6) is 0. The van der Waals surface area contributed by atoms with Gasteiger partial charge in [0.1, 0.15) is 5.03 Å². The number of rotatable bonds is 5. The molecule has 0 fully saturated rings. The van der Waals surface area contributed by atoms with Crippen molar-refractivity contribution in [1.82, 2.24) is 4.98 Å². The summed E-state index contributed by atoms with van der Waals surface area (Å²) in [5.41, 5.74) is 7.54. The van der Waals surface area contributed by atoms with E-state index in [1.165, 1.54) is 5.56 Å². The van der Waals surface area contributed by atoms with Gasteiger partial charge in [-0.1, -0.05) is 18.7 Å². The van der Waals surface area contributed by atoms with E-state index in [0.29, 0.717) is 0 Å². The molecule has 2 unspecified atom stereocenters. The molecule has 0 saturated carbocycles. The topological polar surface area (TPSA) is 38.9 Å². The lowest BCUT2D eigenvalue weighted by Crippen LogP contribution is -2.25. The number of thioether (sulfide) groups is 1. The zero-order valence-electron chi connectivity index (χ0n) is 10.0. The number of hydrogen-bond acceptors (Lipinski definition) is 4. The van der Waals surface area contributed by atoms with Gasteiger partial charge >= 0.3 is 0 Å². The van der Waals surface area contributed by atoms with Crippen LogP contribution in [-0.2, 0) is 0 Å². The molecule has 0 aliphatic heterocycles. The van der Waals surface area contributed by atoms with E-state index in [9.17, 15) is 0 Å². The summed E-state index contributed by atoms with van der Waals surface area (Å²) in [5, 5.41) is 5.52. The second-order valence-electron chi connectivity index (χ2n) is 3.96. The van der Waals surface area contributed by atoms with Crippen molar-refractivity contribution in [2.24, 2.45) is 5.73 Å². The quantitative estimate of drug-likeness (QED) is 0.814. The molecule has 2 rings (SSSR count). The third-order valence-corrected chi connectivity index (χ3v) is 5.72. The van der Waals surface area contributed by atoms with E-state index in [1.807, 2.05) is 18.3 Å². The Morgan fingerprint density at radius 3 is 2.94 bits per heavy atom. The molecular weight excluding hydrogens is 328 g/mol. The fourth-order valence-corrected chi connectivity index (χ4v) is 4.14. The monoisotopic (exact) mass is 342 g/mol. The van der Waals surface area contributed by atoms with Gasteiger partial charge in [-0.25, -0.2) is 4.98 Å². The number of thiophene rings is 1. The molecule has 0 saturated heterocycles. The van der Waals surface area contributed by atoms with E-state index < -0.39 is 0 Å². The average Bonchev–Trinajstić information content (AvgIpc) is 2.90. The second-order valence-corrected chi connectivity index (χ2v) is 6.72. The maximum Gasteiger partial charge on any atom is 0.111 e. The van der Waals surface area contributed by atoms with Gasteiger partial charge < -0.3 is 5.73 Å². The van der Waals surface area contributed by atoms with E-state index in [2.05, 4.69) is 44.7 Å². The Morgan fingerprint density at radius 1 is 1.50 bits per heavy atom. The Morgan fingerprint density at radius 2 is 2.33 bits per heavy atom. The maximum atomic E-state index is 6.25. The zero-order chi connectivity index (χ0) is 13.0. The van der Waals surface area contributed by atoms with Crippen molar-refractivity contribution in [2.45, 2.75) is 29.7 Å². The summed E-state index contributed by atoms with van der Waals surface area (Å²) in [4.78, 5) is 4.41. The molecule has 2 aromatic heterocycles. The van der Waals surface area contributed by atoms with Crippen LogP contribution in [0.1, 0.15) is 24.2 Å². The largest absolute Gasteiger partial charge is 0.326 e. The molecule has 96 valence electrons. The molecule has 0 aliphatic carbocycles. The minimum atomic E-state index is 0.138. The van der Waals surface area contributed by atoms with E-state index in [-0.39, 0.29) is 11.3 Å². The van der Waals surface area contributed by atoms with E-state index in [4.69, 9.17) is 5.73 Å². The molecule has 2 atom stereocenters. The number of nitrogens with zero attached hydrogens (tertiary/aromatic N) is 1. The number of pyridine rings is 1. The molecule has 2 heterocycles. The van der Waals surface area contributed by atoms with Gasteiger partial charge in [0.15, 0.2) is 0 Å². The van der Waals surface area contributed by atoms with Crippen LogP contribution in [0.15, 0.2) is 44.7 Å². The highest BCUT2D eigenvalue weighted by Crippen LogP contribution is 2.40. The summed E-state index contributed by atoms with van der Waals surface area (Å²) >= 11 is 6.98. The lowest BCUT2D eigenvalue weighted by molar-refractivity contribution is 0.634. The fourth-order valence-electron chi connectivity index (χ4n) is 1.63. The standard InChI is InChI=1S/C13H15BrN2S2/c1-2-11(15)12(9-5-7-17-8-9)18-13-10(14)4-3-6-16-13/h3-8,11-12H,2,15H2,1H3. The molecule has 0 aliphatic rings. The predicted molar refractivity (Wildman–Crippen MR) is 83.1 cm³/mol. The lowest BCUT2D eigenvalue weighted by Gasteiger charge is -2.21. The van der Waals surface area contributed by atoms with Crippen molar-refractivity contribution in [3.8, 4) is 0 Å². The molecule has 18 heavy (non-hydrogen) atoms. The van der Waals surface area contributed by atoms with Gasteiger partial charge in [0.25, 0.3) is 0 Å². The predicted octanol–water partition coefficient (Wildman–Crippen LogP) is 4.48. The first-order chi connectivity index (χ1) is 8.72. The Kier molecular flexibility index (Phi) is 5.24. The third kappa shape index (κ3) is 3.35. The van der Waals surface area contributed by atoms with Crippen molar-refractivity contribution < 1.29 is 0 Å². The van der Waals surface area contributed by atoms with Crippen LogP contribution < -0.4 is 5.73 Å². The van der Waals surface area contributed by atoms with Gasteiger partial charge in [0.05, 0.1) is 5.25 Å². The highest BCUT2D eigenvalue weighted by Gasteiger charge is 2.21. The summed E-state index contributed by atoms with van der Waals surface area (Å²) in [6, 6.07) is 6.22. The Bertz CT molecular complexity index is 487. The SMILES string of the molecule is CCC(N)C(Sc1ncccc1Br)c1ccsc1. The van der Waals surface area contributed by atoms with Gasteiger partial charge in [-0.15, -0.1) is 0 Å². The lowest BCUT2D eigenvalue weighted by atomic mass is 10.1. The molecule has 2 nitrogen and oxygen atoms in total. The molecule has 0 amide bonds. The summed E-state index contributed by atoms with van der Waals surface area (Å²) in [6.07, 6.45) is 2.77. The van der Waals surface area contributed by atoms with E-state index in [1.54, 1.807) is 23.1 Å². The summed E-state index contributed by atoms with van der Waals surface area (Å²) in [6.45, 7) is 2.12. The zero-order valence-corrected chi connectivity index (χ0v) is 13.3. The second kappa shape index (κ2) is 6.70. The van der Waals surface area contributed by atoms with Crippen molar-refractivity contribution >= 4 is 39.0 Å². The number of nitrogens with two attached hydrogens (primary N) is 1. The highest BCUT2D eigenvalue weighted by molar-refractivity contribution is 9.10. The molecule has 0 aromatic carbocycles. The molecule has 0 radical (unpaired) electrons. The van der Waals surface area contributed by atoms with Crippen molar-refractivity contribution in [3.05, 3.63) is 45.2 Å². The first-order valence-corrected chi connectivity index (χ1v) is 8.38. The van der Waals surface area contributed by atoms with Gasteiger partial charge in [-0.3, -0.25) is 0 Å². The van der Waals surface area contributed by atoms with Crippen molar-refractivity contribution in [2.75, 3.05) is 0 Å². The number of halogens is 1. The van der Waals surface area contributed by atoms with Gasteiger partial charge in [0, 0.05) is 16.7 Å². The van der Waals surface area contributed by atoms with Crippen LogP contribution in [0.25, 0.3) is 0 Å². The van der Waals surface area contributed by atoms with Gasteiger partial charge in [-0.2, -0.15) is 11.3 Å². The summed E-state index contributed by atoms with van der Waals surface area (Å²) in [7, 11) is 0. The maximum absolute atomic E-state index is 6.25.